The molecule has 0 saturated heterocycles. The van der Waals surface area contributed by atoms with Gasteiger partial charge in [0.25, 0.3) is 0 Å². The summed E-state index contributed by atoms with van der Waals surface area (Å²) in [6.07, 6.45) is 0.523. The topological polar surface area (TPSA) is 42.2 Å². The maximum atomic E-state index is 8.44. The van der Waals surface area contributed by atoms with Gasteiger partial charge in [0.05, 0.1) is 6.07 Å². The first-order valence-corrected chi connectivity index (χ1v) is 3.53. The van der Waals surface area contributed by atoms with Gasteiger partial charge in [-0.1, -0.05) is 6.58 Å². The highest BCUT2D eigenvalue weighted by Gasteiger charge is 2.07. The Morgan fingerprint density at radius 3 is 2.73 bits per heavy atom. The molecule has 0 amide bonds. The van der Waals surface area contributed by atoms with Crippen LogP contribution in [0.4, 0.5) is 0 Å². The van der Waals surface area contributed by atoms with E-state index in [0.717, 1.165) is 0 Å². The first-order chi connectivity index (χ1) is 5.24. The summed E-state index contributed by atoms with van der Waals surface area (Å²) in [5.74, 6) is 0. The third-order valence-electron chi connectivity index (χ3n) is 1.08. The Labute approximate surface area is 67.2 Å². The number of ether oxygens (including phenoxy) is 2. The van der Waals surface area contributed by atoms with E-state index in [1.54, 1.807) is 6.92 Å². The van der Waals surface area contributed by atoms with Crippen molar-refractivity contribution in [3.8, 4) is 6.07 Å². The molecule has 0 aromatic heterocycles. The van der Waals surface area contributed by atoms with Gasteiger partial charge < -0.3 is 9.47 Å². The normalized spacial score (nSPS) is 15.0. The maximum absolute atomic E-state index is 8.44. The predicted molar refractivity (Wildman–Crippen MR) is 41.8 cm³/mol. The Morgan fingerprint density at radius 2 is 2.36 bits per heavy atom. The second kappa shape index (κ2) is 5.90. The van der Waals surface area contributed by atoms with Crippen molar-refractivity contribution in [2.45, 2.75) is 26.2 Å². The zero-order valence-corrected chi connectivity index (χ0v) is 6.91. The summed E-state index contributed by atoms with van der Waals surface area (Å²) in [6, 6.07) is 1.92. The first kappa shape index (κ1) is 10.2. The number of hydrogen-bond acceptors (Lipinski definition) is 3. The minimum atomic E-state index is -0.573. The molecule has 62 valence electrons. The Balaban J connectivity index is 3.64. The molecule has 0 aliphatic heterocycles. The molecule has 0 aliphatic carbocycles. The van der Waals surface area contributed by atoms with Crippen LogP contribution in [-0.4, -0.2) is 19.0 Å². The van der Waals surface area contributed by atoms with Gasteiger partial charge in [-0.2, -0.15) is 5.26 Å². The zero-order valence-electron chi connectivity index (χ0n) is 6.91. The lowest BCUT2D eigenvalue weighted by atomic mass is 10.4. The Kier molecular flexibility index (Phi) is 5.44. The number of nitriles is 1. The summed E-state index contributed by atoms with van der Waals surface area (Å²) in [4.78, 5) is 0. The standard InChI is InChI=1S/C8H13NO2/c1-4-8(6-9)11-7(3)10-5-2/h4,7-8H,1,5H2,2-3H3/t7-,8+/m1/s1. The molecule has 0 aliphatic rings. The van der Waals surface area contributed by atoms with E-state index in [1.165, 1.54) is 6.08 Å². The van der Waals surface area contributed by atoms with Gasteiger partial charge in [0, 0.05) is 6.61 Å². The molecule has 3 nitrogen and oxygen atoms in total. The predicted octanol–water partition coefficient (Wildman–Crippen LogP) is 1.46. The third-order valence-corrected chi connectivity index (χ3v) is 1.08. The fourth-order valence-electron chi connectivity index (χ4n) is 0.619. The number of nitrogens with zero attached hydrogens (tertiary/aromatic N) is 1. The molecule has 0 N–H and O–H groups in total. The van der Waals surface area contributed by atoms with Gasteiger partial charge in [-0.25, -0.2) is 0 Å². The van der Waals surface area contributed by atoms with E-state index in [9.17, 15) is 0 Å². The van der Waals surface area contributed by atoms with Crippen LogP contribution in [0.25, 0.3) is 0 Å². The van der Waals surface area contributed by atoms with E-state index in [-0.39, 0.29) is 6.29 Å². The van der Waals surface area contributed by atoms with Crippen molar-refractivity contribution in [2.24, 2.45) is 0 Å². The van der Waals surface area contributed by atoms with Crippen LogP contribution in [-0.2, 0) is 9.47 Å². The molecule has 0 heterocycles. The quantitative estimate of drug-likeness (QED) is 0.446. The molecule has 0 radical (unpaired) electrons. The fraction of sp³-hybridized carbons (Fsp3) is 0.625. The van der Waals surface area contributed by atoms with Gasteiger partial charge in [-0.05, 0) is 19.9 Å². The Hall–Kier alpha value is -0.850. The minimum Gasteiger partial charge on any atom is -0.353 e. The molecule has 0 saturated carbocycles. The summed E-state index contributed by atoms with van der Waals surface area (Å²) < 4.78 is 10.1. The van der Waals surface area contributed by atoms with E-state index in [1.807, 2.05) is 13.0 Å². The molecule has 0 aromatic rings. The van der Waals surface area contributed by atoms with Crippen LogP contribution in [0.15, 0.2) is 12.7 Å². The Bertz CT molecular complexity index is 151. The second-order valence-electron chi connectivity index (χ2n) is 1.94. The van der Waals surface area contributed by atoms with Crippen LogP contribution in [0.3, 0.4) is 0 Å². The largest absolute Gasteiger partial charge is 0.353 e. The minimum absolute atomic E-state index is 0.345. The smallest absolute Gasteiger partial charge is 0.165 e. The molecular weight excluding hydrogens is 142 g/mol. The summed E-state index contributed by atoms with van der Waals surface area (Å²) in [7, 11) is 0. The van der Waals surface area contributed by atoms with Crippen molar-refractivity contribution < 1.29 is 9.47 Å². The van der Waals surface area contributed by atoms with Crippen molar-refractivity contribution in [1.29, 1.82) is 5.26 Å². The molecule has 3 heteroatoms. The molecule has 0 fully saturated rings. The average molecular weight is 155 g/mol. The monoisotopic (exact) mass is 155 g/mol. The van der Waals surface area contributed by atoms with Gasteiger partial charge >= 0.3 is 0 Å². The highest BCUT2D eigenvalue weighted by atomic mass is 16.7. The molecular formula is C8H13NO2. The molecule has 2 atom stereocenters. The Morgan fingerprint density at radius 1 is 1.73 bits per heavy atom. The lowest BCUT2D eigenvalue weighted by Crippen LogP contribution is -2.19. The summed E-state index contributed by atoms with van der Waals surface area (Å²) in [6.45, 7) is 7.64. The van der Waals surface area contributed by atoms with Crippen LogP contribution < -0.4 is 0 Å². The molecule has 0 bridgehead atoms. The van der Waals surface area contributed by atoms with Gasteiger partial charge in [0.15, 0.2) is 12.4 Å². The van der Waals surface area contributed by atoms with Crippen molar-refractivity contribution in [3.05, 3.63) is 12.7 Å². The van der Waals surface area contributed by atoms with Crippen LogP contribution in [0.1, 0.15) is 13.8 Å². The molecule has 0 aromatic carbocycles. The molecule has 0 rings (SSSR count). The molecule has 0 unspecified atom stereocenters. The molecule has 0 spiro atoms. The van der Waals surface area contributed by atoms with E-state index < -0.39 is 6.10 Å². The third kappa shape index (κ3) is 4.54. The van der Waals surface area contributed by atoms with Crippen molar-refractivity contribution in [3.63, 3.8) is 0 Å². The molecule has 11 heavy (non-hydrogen) atoms. The van der Waals surface area contributed by atoms with E-state index >= 15 is 0 Å². The highest BCUT2D eigenvalue weighted by Crippen LogP contribution is 1.99. The summed E-state index contributed by atoms with van der Waals surface area (Å²) >= 11 is 0. The fourth-order valence-corrected chi connectivity index (χ4v) is 0.619. The zero-order chi connectivity index (χ0) is 8.69. The summed E-state index contributed by atoms with van der Waals surface area (Å²) in [5, 5.41) is 8.44. The van der Waals surface area contributed by atoms with Crippen LogP contribution in [0, 0.1) is 11.3 Å². The van der Waals surface area contributed by atoms with Crippen molar-refractivity contribution in [1.82, 2.24) is 0 Å². The lowest BCUT2D eigenvalue weighted by Gasteiger charge is -2.13. The number of rotatable bonds is 5. The second-order valence-corrected chi connectivity index (χ2v) is 1.94. The first-order valence-electron chi connectivity index (χ1n) is 3.53. The van der Waals surface area contributed by atoms with Crippen LogP contribution in [0.2, 0.25) is 0 Å². The van der Waals surface area contributed by atoms with Crippen molar-refractivity contribution in [2.75, 3.05) is 6.61 Å². The SMILES string of the molecule is C=C[C@@H](C#N)O[C@H](C)OCC. The van der Waals surface area contributed by atoms with E-state index in [2.05, 4.69) is 6.58 Å². The maximum Gasteiger partial charge on any atom is 0.165 e. The van der Waals surface area contributed by atoms with Crippen LogP contribution in [0.5, 0.6) is 0 Å². The van der Waals surface area contributed by atoms with Gasteiger partial charge in [0.1, 0.15) is 0 Å². The van der Waals surface area contributed by atoms with E-state index in [4.69, 9.17) is 14.7 Å². The van der Waals surface area contributed by atoms with Gasteiger partial charge in [-0.3, -0.25) is 0 Å². The highest BCUT2D eigenvalue weighted by molar-refractivity contribution is 4.97. The lowest BCUT2D eigenvalue weighted by molar-refractivity contribution is -0.133. The van der Waals surface area contributed by atoms with E-state index in [0.29, 0.717) is 6.61 Å². The van der Waals surface area contributed by atoms with Crippen LogP contribution >= 0.6 is 0 Å². The number of hydrogen-bond donors (Lipinski definition) is 0. The van der Waals surface area contributed by atoms with Gasteiger partial charge in [0.2, 0.25) is 0 Å². The summed E-state index contributed by atoms with van der Waals surface area (Å²) in [5.41, 5.74) is 0. The van der Waals surface area contributed by atoms with Gasteiger partial charge in [-0.15, -0.1) is 0 Å². The van der Waals surface area contributed by atoms with Crippen molar-refractivity contribution >= 4 is 0 Å². The average Bonchev–Trinajstić information content (AvgIpc) is 2.01.